The number of carbonyl (C=O) groups is 2. The van der Waals surface area contributed by atoms with Crippen molar-refractivity contribution < 1.29 is 9.59 Å². The molecule has 0 radical (unpaired) electrons. The van der Waals surface area contributed by atoms with Gasteiger partial charge in [-0.3, -0.25) is 9.59 Å². The number of hydrogen-bond acceptors (Lipinski definition) is 4. The predicted octanol–water partition coefficient (Wildman–Crippen LogP) is 2.80. The van der Waals surface area contributed by atoms with E-state index in [2.05, 4.69) is 15.2 Å². The Morgan fingerprint density at radius 1 is 1.04 bits per heavy atom. The van der Waals surface area contributed by atoms with Crippen LogP contribution in [-0.2, 0) is 9.59 Å². The van der Waals surface area contributed by atoms with Crippen LogP contribution in [0.4, 0.5) is 11.5 Å². The average molecular weight is 373 g/mol. The molecule has 1 aromatic carbocycles. The molecule has 0 saturated carbocycles. The van der Waals surface area contributed by atoms with Gasteiger partial charge in [-0.25, -0.2) is 4.98 Å². The van der Waals surface area contributed by atoms with Crippen LogP contribution in [0.25, 0.3) is 0 Å². The molecule has 136 valence electrons. The van der Waals surface area contributed by atoms with E-state index in [0.29, 0.717) is 23.9 Å². The van der Waals surface area contributed by atoms with Crippen LogP contribution >= 0.6 is 11.6 Å². The maximum Gasteiger partial charge on any atom is 0.226 e. The molecule has 6 nitrogen and oxygen atoms in total. The summed E-state index contributed by atoms with van der Waals surface area (Å²) in [5, 5.41) is 3.40. The van der Waals surface area contributed by atoms with Gasteiger partial charge in [0.25, 0.3) is 0 Å². The van der Waals surface area contributed by atoms with Gasteiger partial charge in [0.2, 0.25) is 11.8 Å². The molecule has 1 aliphatic heterocycles. The summed E-state index contributed by atoms with van der Waals surface area (Å²) < 4.78 is 0. The Kier molecular flexibility index (Phi) is 6.07. The molecule has 0 aliphatic carbocycles. The Bertz CT molecular complexity index is 761. The molecule has 3 rings (SSSR count). The van der Waals surface area contributed by atoms with Gasteiger partial charge in [0, 0.05) is 55.9 Å². The second-order valence-electron chi connectivity index (χ2n) is 6.11. The van der Waals surface area contributed by atoms with Gasteiger partial charge in [0.05, 0.1) is 0 Å². The summed E-state index contributed by atoms with van der Waals surface area (Å²) in [6.07, 6.45) is 1.97. The van der Waals surface area contributed by atoms with E-state index in [4.69, 9.17) is 11.6 Å². The van der Waals surface area contributed by atoms with Crippen molar-refractivity contribution in [1.29, 1.82) is 0 Å². The number of anilines is 2. The van der Waals surface area contributed by atoms with Gasteiger partial charge < -0.3 is 15.1 Å². The van der Waals surface area contributed by atoms with Gasteiger partial charge in [-0.1, -0.05) is 23.7 Å². The summed E-state index contributed by atoms with van der Waals surface area (Å²) in [6, 6.07) is 13.0. The Balaban J connectivity index is 1.43. The van der Waals surface area contributed by atoms with Crippen molar-refractivity contribution in [2.75, 3.05) is 36.4 Å². The molecule has 2 heterocycles. The molecule has 0 atom stereocenters. The van der Waals surface area contributed by atoms with Crippen molar-refractivity contribution in [3.8, 4) is 0 Å². The van der Waals surface area contributed by atoms with Crippen LogP contribution in [0.5, 0.6) is 0 Å². The SMILES string of the molecule is O=C(CCC(=O)N1CCN(c2cccc(Cl)c2)CC1)Nc1ccccn1. The first-order chi connectivity index (χ1) is 12.6. The Labute approximate surface area is 157 Å². The molecule has 2 aromatic rings. The summed E-state index contributed by atoms with van der Waals surface area (Å²) >= 11 is 6.04. The van der Waals surface area contributed by atoms with E-state index in [0.717, 1.165) is 18.8 Å². The number of pyridine rings is 1. The van der Waals surface area contributed by atoms with Crippen LogP contribution in [0.1, 0.15) is 12.8 Å². The van der Waals surface area contributed by atoms with E-state index < -0.39 is 0 Å². The third kappa shape index (κ3) is 4.95. The second kappa shape index (κ2) is 8.67. The number of hydrogen-bond donors (Lipinski definition) is 1. The topological polar surface area (TPSA) is 65.5 Å². The van der Waals surface area contributed by atoms with E-state index in [1.165, 1.54) is 0 Å². The van der Waals surface area contributed by atoms with E-state index in [1.807, 2.05) is 29.2 Å². The second-order valence-corrected chi connectivity index (χ2v) is 6.55. The average Bonchev–Trinajstić information content (AvgIpc) is 2.67. The highest BCUT2D eigenvalue weighted by Crippen LogP contribution is 2.21. The van der Waals surface area contributed by atoms with Crippen molar-refractivity contribution in [2.24, 2.45) is 0 Å². The van der Waals surface area contributed by atoms with Crippen molar-refractivity contribution in [2.45, 2.75) is 12.8 Å². The summed E-state index contributed by atoms with van der Waals surface area (Å²) in [6.45, 7) is 2.80. The molecule has 1 saturated heterocycles. The molecular weight excluding hydrogens is 352 g/mol. The fourth-order valence-corrected chi connectivity index (χ4v) is 3.09. The zero-order chi connectivity index (χ0) is 18.4. The number of rotatable bonds is 5. The van der Waals surface area contributed by atoms with Gasteiger partial charge in [-0.15, -0.1) is 0 Å². The summed E-state index contributed by atoms with van der Waals surface area (Å²) in [4.78, 5) is 32.3. The molecule has 1 fully saturated rings. The maximum absolute atomic E-state index is 12.3. The molecular formula is C19H21ClN4O2. The van der Waals surface area contributed by atoms with Crippen LogP contribution < -0.4 is 10.2 Å². The molecule has 7 heteroatoms. The third-order valence-corrected chi connectivity index (χ3v) is 4.54. The molecule has 1 aliphatic rings. The zero-order valence-corrected chi connectivity index (χ0v) is 15.2. The zero-order valence-electron chi connectivity index (χ0n) is 14.4. The number of halogens is 1. The number of benzene rings is 1. The number of nitrogens with zero attached hydrogens (tertiary/aromatic N) is 3. The fraction of sp³-hybridized carbons (Fsp3) is 0.316. The minimum absolute atomic E-state index is 0.00640. The highest BCUT2D eigenvalue weighted by atomic mass is 35.5. The van der Waals surface area contributed by atoms with Crippen molar-refractivity contribution in [3.63, 3.8) is 0 Å². The van der Waals surface area contributed by atoms with E-state index in [9.17, 15) is 9.59 Å². The molecule has 1 aromatic heterocycles. The van der Waals surface area contributed by atoms with Crippen LogP contribution in [0.15, 0.2) is 48.7 Å². The Hall–Kier alpha value is -2.60. The Morgan fingerprint density at radius 3 is 2.54 bits per heavy atom. The van der Waals surface area contributed by atoms with Crippen LogP contribution in [0, 0.1) is 0 Å². The van der Waals surface area contributed by atoms with Crippen molar-refractivity contribution in [1.82, 2.24) is 9.88 Å². The predicted molar refractivity (Wildman–Crippen MR) is 102 cm³/mol. The first-order valence-electron chi connectivity index (χ1n) is 8.61. The highest BCUT2D eigenvalue weighted by molar-refractivity contribution is 6.30. The summed E-state index contributed by atoms with van der Waals surface area (Å²) in [5.41, 5.74) is 1.07. The standard InChI is InChI=1S/C19H21ClN4O2/c20-15-4-3-5-16(14-15)23-10-12-24(13-11-23)19(26)8-7-18(25)22-17-6-1-2-9-21-17/h1-6,9,14H,7-8,10-13H2,(H,21,22,25). The molecule has 2 amide bonds. The maximum atomic E-state index is 12.3. The van der Waals surface area contributed by atoms with Crippen LogP contribution in [0.2, 0.25) is 5.02 Å². The quantitative estimate of drug-likeness (QED) is 0.876. The number of piperazine rings is 1. The van der Waals surface area contributed by atoms with Crippen LogP contribution in [-0.4, -0.2) is 47.9 Å². The third-order valence-electron chi connectivity index (χ3n) is 4.30. The lowest BCUT2D eigenvalue weighted by atomic mass is 10.2. The van der Waals surface area contributed by atoms with E-state index in [-0.39, 0.29) is 24.7 Å². The lowest BCUT2D eigenvalue weighted by Crippen LogP contribution is -2.48. The smallest absolute Gasteiger partial charge is 0.226 e. The number of aromatic nitrogens is 1. The van der Waals surface area contributed by atoms with Gasteiger partial charge in [-0.2, -0.15) is 0 Å². The fourth-order valence-electron chi connectivity index (χ4n) is 2.91. The molecule has 0 bridgehead atoms. The number of amides is 2. The molecule has 1 N–H and O–H groups in total. The molecule has 0 spiro atoms. The van der Waals surface area contributed by atoms with Gasteiger partial charge in [0.15, 0.2) is 0 Å². The lowest BCUT2D eigenvalue weighted by molar-refractivity contribution is -0.133. The van der Waals surface area contributed by atoms with Crippen LogP contribution in [0.3, 0.4) is 0 Å². The van der Waals surface area contributed by atoms with Gasteiger partial charge in [0.1, 0.15) is 5.82 Å². The van der Waals surface area contributed by atoms with E-state index >= 15 is 0 Å². The van der Waals surface area contributed by atoms with Crippen molar-refractivity contribution >= 4 is 34.9 Å². The van der Waals surface area contributed by atoms with E-state index in [1.54, 1.807) is 24.4 Å². The summed E-state index contributed by atoms with van der Waals surface area (Å²) in [5.74, 6) is 0.307. The molecule has 0 unspecified atom stereocenters. The highest BCUT2D eigenvalue weighted by Gasteiger charge is 2.21. The monoisotopic (exact) mass is 372 g/mol. The minimum Gasteiger partial charge on any atom is -0.368 e. The summed E-state index contributed by atoms with van der Waals surface area (Å²) in [7, 11) is 0. The number of nitrogens with one attached hydrogen (secondary N) is 1. The number of carbonyl (C=O) groups excluding carboxylic acids is 2. The molecule has 26 heavy (non-hydrogen) atoms. The lowest BCUT2D eigenvalue weighted by Gasteiger charge is -2.36. The first kappa shape index (κ1) is 18.2. The minimum atomic E-state index is -0.199. The normalized spacial score (nSPS) is 14.2. The van der Waals surface area contributed by atoms with Crippen molar-refractivity contribution in [3.05, 3.63) is 53.7 Å². The largest absolute Gasteiger partial charge is 0.368 e. The van der Waals surface area contributed by atoms with Gasteiger partial charge >= 0.3 is 0 Å². The Morgan fingerprint density at radius 2 is 1.85 bits per heavy atom. The van der Waals surface area contributed by atoms with Gasteiger partial charge in [-0.05, 0) is 30.3 Å². The first-order valence-corrected chi connectivity index (χ1v) is 8.99.